The van der Waals surface area contributed by atoms with Gasteiger partial charge in [-0.3, -0.25) is 4.79 Å². The summed E-state index contributed by atoms with van der Waals surface area (Å²) in [5.74, 6) is 0.537. The van der Waals surface area contributed by atoms with Gasteiger partial charge >= 0.3 is 6.03 Å². The van der Waals surface area contributed by atoms with Gasteiger partial charge in [0.15, 0.2) is 0 Å². The molecular formula is C21H30N4O2. The molecule has 1 aliphatic rings. The molecular weight excluding hydrogens is 340 g/mol. The van der Waals surface area contributed by atoms with E-state index in [9.17, 15) is 9.59 Å². The number of likely N-dealkylation sites (tertiary alicyclic amines) is 1. The van der Waals surface area contributed by atoms with Crippen molar-refractivity contribution in [3.8, 4) is 0 Å². The second kappa shape index (κ2) is 8.93. The van der Waals surface area contributed by atoms with Crippen LogP contribution in [0.1, 0.15) is 38.7 Å². The monoisotopic (exact) mass is 370 g/mol. The van der Waals surface area contributed by atoms with E-state index in [0.717, 1.165) is 48.8 Å². The predicted molar refractivity (Wildman–Crippen MR) is 108 cm³/mol. The van der Waals surface area contributed by atoms with E-state index < -0.39 is 6.04 Å². The molecule has 1 fully saturated rings. The van der Waals surface area contributed by atoms with Crippen LogP contribution in [0.2, 0.25) is 0 Å². The third-order valence-corrected chi connectivity index (χ3v) is 5.13. The van der Waals surface area contributed by atoms with Crippen molar-refractivity contribution in [1.29, 1.82) is 0 Å². The number of benzene rings is 1. The molecule has 0 aliphatic carbocycles. The van der Waals surface area contributed by atoms with E-state index in [2.05, 4.69) is 29.5 Å². The lowest BCUT2D eigenvalue weighted by molar-refractivity contribution is -0.132. The number of hydrogen-bond acceptors (Lipinski definition) is 2. The first kappa shape index (κ1) is 19.3. The Balaban J connectivity index is 1.71. The van der Waals surface area contributed by atoms with Crippen molar-refractivity contribution in [2.45, 2.75) is 45.6 Å². The minimum Gasteiger partial charge on any atom is -0.361 e. The molecule has 3 amide bonds. The highest BCUT2D eigenvalue weighted by Crippen LogP contribution is 2.20. The highest BCUT2D eigenvalue weighted by molar-refractivity contribution is 5.89. The third-order valence-electron chi connectivity index (χ3n) is 5.13. The first-order chi connectivity index (χ1) is 13.0. The summed E-state index contributed by atoms with van der Waals surface area (Å²) < 4.78 is 0. The zero-order valence-electron chi connectivity index (χ0n) is 16.3. The van der Waals surface area contributed by atoms with E-state index in [1.54, 1.807) is 0 Å². The maximum atomic E-state index is 13.0. The molecule has 3 N–H and O–H groups in total. The molecule has 3 rings (SSSR count). The first-order valence-corrected chi connectivity index (χ1v) is 9.92. The number of aromatic amines is 1. The quantitative estimate of drug-likeness (QED) is 0.700. The van der Waals surface area contributed by atoms with E-state index in [1.165, 1.54) is 0 Å². The van der Waals surface area contributed by atoms with Gasteiger partial charge in [0.1, 0.15) is 6.04 Å². The van der Waals surface area contributed by atoms with Gasteiger partial charge in [-0.2, -0.15) is 0 Å². The molecule has 1 aromatic carbocycles. The Morgan fingerprint density at radius 2 is 1.93 bits per heavy atom. The molecule has 0 spiro atoms. The predicted octanol–water partition coefficient (Wildman–Crippen LogP) is 3.05. The average molecular weight is 370 g/mol. The summed E-state index contributed by atoms with van der Waals surface area (Å²) in [6.45, 7) is 6.41. The van der Waals surface area contributed by atoms with E-state index in [-0.39, 0.29) is 11.9 Å². The van der Waals surface area contributed by atoms with Gasteiger partial charge in [0.05, 0.1) is 0 Å². The number of fused-ring (bicyclic) bond motifs is 1. The minimum atomic E-state index is -0.554. The third kappa shape index (κ3) is 5.02. The van der Waals surface area contributed by atoms with Gasteiger partial charge in [0.2, 0.25) is 5.91 Å². The number of aromatic nitrogens is 1. The van der Waals surface area contributed by atoms with Gasteiger partial charge in [-0.15, -0.1) is 0 Å². The summed E-state index contributed by atoms with van der Waals surface area (Å²) in [5, 5.41) is 6.89. The molecule has 27 heavy (non-hydrogen) atoms. The van der Waals surface area contributed by atoms with Gasteiger partial charge in [-0.25, -0.2) is 4.79 Å². The fourth-order valence-corrected chi connectivity index (χ4v) is 3.56. The van der Waals surface area contributed by atoms with Crippen molar-refractivity contribution >= 4 is 22.8 Å². The van der Waals surface area contributed by atoms with E-state index in [1.807, 2.05) is 35.4 Å². The molecule has 0 unspecified atom stereocenters. The van der Waals surface area contributed by atoms with Crippen molar-refractivity contribution < 1.29 is 9.59 Å². The van der Waals surface area contributed by atoms with Crippen LogP contribution in [0.25, 0.3) is 10.9 Å². The number of urea groups is 1. The van der Waals surface area contributed by atoms with Gasteiger partial charge in [0, 0.05) is 43.2 Å². The fourth-order valence-electron chi connectivity index (χ4n) is 3.56. The molecule has 0 bridgehead atoms. The zero-order chi connectivity index (χ0) is 19.2. The number of rotatable bonds is 7. The van der Waals surface area contributed by atoms with Crippen LogP contribution in [0.3, 0.4) is 0 Å². The average Bonchev–Trinajstić information content (AvgIpc) is 3.30. The van der Waals surface area contributed by atoms with Gasteiger partial charge in [-0.1, -0.05) is 32.0 Å². The van der Waals surface area contributed by atoms with Crippen LogP contribution >= 0.6 is 0 Å². The lowest BCUT2D eigenvalue weighted by Gasteiger charge is -2.24. The molecule has 2 aromatic rings. The number of hydrogen-bond donors (Lipinski definition) is 3. The summed E-state index contributed by atoms with van der Waals surface area (Å²) >= 11 is 0. The van der Waals surface area contributed by atoms with Crippen LogP contribution in [0.5, 0.6) is 0 Å². The number of nitrogens with one attached hydrogen (secondary N) is 3. The zero-order valence-corrected chi connectivity index (χ0v) is 16.3. The molecule has 0 radical (unpaired) electrons. The number of H-pyrrole nitrogens is 1. The largest absolute Gasteiger partial charge is 0.361 e. The Labute approximate surface area is 160 Å². The Bertz CT molecular complexity index is 777. The molecule has 146 valence electrons. The standard InChI is InChI=1S/C21H30N4O2/c1-15(2)9-10-22-21(27)24-19(20(26)25-11-5-6-12-25)13-16-14-23-18-8-4-3-7-17(16)18/h3-4,7-8,14-15,19,23H,5-6,9-13H2,1-2H3,(H2,22,24,27)/t19-/m0/s1. The van der Waals surface area contributed by atoms with Crippen molar-refractivity contribution in [2.24, 2.45) is 5.92 Å². The molecule has 2 heterocycles. The number of nitrogens with zero attached hydrogens (tertiary/aromatic N) is 1. The van der Waals surface area contributed by atoms with Gasteiger partial charge in [0.25, 0.3) is 0 Å². The molecule has 6 heteroatoms. The Morgan fingerprint density at radius 3 is 2.67 bits per heavy atom. The molecule has 1 aromatic heterocycles. The fraction of sp³-hybridized carbons (Fsp3) is 0.524. The summed E-state index contributed by atoms with van der Waals surface area (Å²) in [6.07, 6.45) is 5.41. The Hall–Kier alpha value is -2.50. The molecule has 0 saturated carbocycles. The van der Waals surface area contributed by atoms with Crippen molar-refractivity contribution in [2.75, 3.05) is 19.6 Å². The van der Waals surface area contributed by atoms with Gasteiger partial charge in [-0.05, 0) is 36.8 Å². The maximum absolute atomic E-state index is 13.0. The highest BCUT2D eigenvalue weighted by atomic mass is 16.2. The number of carbonyl (C=O) groups is 2. The number of carbonyl (C=O) groups excluding carboxylic acids is 2. The van der Waals surface area contributed by atoms with Crippen molar-refractivity contribution in [1.82, 2.24) is 20.5 Å². The molecule has 1 saturated heterocycles. The SMILES string of the molecule is CC(C)CCNC(=O)N[C@@H](Cc1c[nH]c2ccccc12)C(=O)N1CCCC1. The number of amides is 3. The van der Waals surface area contributed by atoms with E-state index in [4.69, 9.17) is 0 Å². The van der Waals surface area contributed by atoms with Crippen LogP contribution in [0, 0.1) is 5.92 Å². The summed E-state index contributed by atoms with van der Waals surface area (Å²) in [5.41, 5.74) is 2.09. The molecule has 6 nitrogen and oxygen atoms in total. The lowest BCUT2D eigenvalue weighted by Crippen LogP contribution is -2.51. The second-order valence-corrected chi connectivity index (χ2v) is 7.73. The number of para-hydroxylation sites is 1. The normalized spacial score (nSPS) is 15.3. The highest BCUT2D eigenvalue weighted by Gasteiger charge is 2.28. The lowest BCUT2D eigenvalue weighted by atomic mass is 10.0. The first-order valence-electron chi connectivity index (χ1n) is 9.92. The Morgan fingerprint density at radius 1 is 1.19 bits per heavy atom. The second-order valence-electron chi connectivity index (χ2n) is 7.73. The van der Waals surface area contributed by atoms with Gasteiger partial charge < -0.3 is 20.5 Å². The maximum Gasteiger partial charge on any atom is 0.315 e. The minimum absolute atomic E-state index is 0.0109. The van der Waals surface area contributed by atoms with Crippen LogP contribution in [-0.4, -0.2) is 47.5 Å². The van der Waals surface area contributed by atoms with Crippen molar-refractivity contribution in [3.05, 3.63) is 36.0 Å². The summed E-state index contributed by atoms with van der Waals surface area (Å²) in [6, 6.07) is 7.21. The Kier molecular flexibility index (Phi) is 6.37. The van der Waals surface area contributed by atoms with Crippen LogP contribution in [0.4, 0.5) is 4.79 Å². The summed E-state index contributed by atoms with van der Waals surface area (Å²) in [4.78, 5) is 30.5. The van der Waals surface area contributed by atoms with Crippen LogP contribution in [0.15, 0.2) is 30.5 Å². The molecule has 1 aliphatic heterocycles. The van der Waals surface area contributed by atoms with E-state index >= 15 is 0 Å². The molecule has 1 atom stereocenters. The topological polar surface area (TPSA) is 77.2 Å². The van der Waals surface area contributed by atoms with Crippen LogP contribution < -0.4 is 10.6 Å². The van der Waals surface area contributed by atoms with Crippen LogP contribution in [-0.2, 0) is 11.2 Å². The summed E-state index contributed by atoms with van der Waals surface area (Å²) in [7, 11) is 0. The van der Waals surface area contributed by atoms with Crippen molar-refractivity contribution in [3.63, 3.8) is 0 Å². The smallest absolute Gasteiger partial charge is 0.315 e. The van der Waals surface area contributed by atoms with E-state index in [0.29, 0.717) is 18.9 Å².